The first-order chi connectivity index (χ1) is 9.94. The van der Waals surface area contributed by atoms with Crippen LogP contribution in [0, 0.1) is 0 Å². The largest absolute Gasteiger partial charge is 0.427 e. The van der Waals surface area contributed by atoms with E-state index in [0.717, 1.165) is 17.3 Å². The van der Waals surface area contributed by atoms with Crippen molar-refractivity contribution in [1.82, 2.24) is 5.32 Å². The Morgan fingerprint density at radius 1 is 1.24 bits per heavy atom. The molecule has 0 radical (unpaired) electrons. The highest BCUT2D eigenvalue weighted by atomic mass is 32.2. The van der Waals surface area contributed by atoms with E-state index < -0.39 is 11.9 Å². The lowest BCUT2D eigenvalue weighted by atomic mass is 10.2. The van der Waals surface area contributed by atoms with Gasteiger partial charge in [-0.15, -0.1) is 0 Å². The fourth-order valence-electron chi connectivity index (χ4n) is 1.56. The van der Waals surface area contributed by atoms with E-state index >= 15 is 0 Å². The number of thioether (sulfide) groups is 1. The number of hydrogen-bond donors (Lipinski definition) is 1. The van der Waals surface area contributed by atoms with Gasteiger partial charge in [0.1, 0.15) is 5.75 Å². The summed E-state index contributed by atoms with van der Waals surface area (Å²) >= 11 is 1.10. The fraction of sp³-hybridized carbons (Fsp3) is 0.143. The first-order valence-corrected chi connectivity index (χ1v) is 6.84. The van der Waals surface area contributed by atoms with Crippen molar-refractivity contribution in [2.45, 2.75) is 13.8 Å². The Morgan fingerprint density at radius 3 is 2.48 bits per heavy atom. The maximum absolute atomic E-state index is 11.7. The van der Waals surface area contributed by atoms with Crippen LogP contribution in [0.5, 0.6) is 5.75 Å². The molecular formula is C14H12N2O4S. The van der Waals surface area contributed by atoms with Gasteiger partial charge < -0.3 is 10.1 Å². The van der Waals surface area contributed by atoms with Gasteiger partial charge in [-0.1, -0.05) is 12.1 Å². The zero-order valence-electron chi connectivity index (χ0n) is 11.4. The molecule has 0 spiro atoms. The Labute approximate surface area is 125 Å². The summed E-state index contributed by atoms with van der Waals surface area (Å²) in [7, 11) is 0. The molecule has 0 fully saturated rings. The van der Waals surface area contributed by atoms with E-state index in [9.17, 15) is 14.4 Å². The molecule has 2 amide bonds. The van der Waals surface area contributed by atoms with Crippen LogP contribution in [0.1, 0.15) is 19.4 Å². The number of nitrogens with one attached hydrogen (secondary N) is 1. The third-order valence-electron chi connectivity index (χ3n) is 2.34. The molecule has 7 heteroatoms. The van der Waals surface area contributed by atoms with Crippen molar-refractivity contribution < 1.29 is 19.1 Å². The van der Waals surface area contributed by atoms with Gasteiger partial charge in [0.2, 0.25) is 5.91 Å². The van der Waals surface area contributed by atoms with Crippen LogP contribution in [0.25, 0.3) is 6.08 Å². The number of esters is 1. The van der Waals surface area contributed by atoms with Crippen LogP contribution in [0.15, 0.2) is 34.2 Å². The third kappa shape index (κ3) is 4.28. The molecule has 1 aromatic rings. The molecule has 1 heterocycles. The number of aliphatic imine (C=N–C) groups is 1. The minimum atomic E-state index is -0.396. The molecule has 0 saturated heterocycles. The number of hydrogen-bond acceptors (Lipinski definition) is 5. The zero-order valence-corrected chi connectivity index (χ0v) is 12.2. The SMILES string of the molecule is CC(=O)NC1=NC(=O)/C(=C\c2ccc(OC(C)=O)cc2)S1. The Hall–Kier alpha value is -2.41. The Bertz CT molecular complexity index is 662. The highest BCUT2D eigenvalue weighted by Gasteiger charge is 2.22. The molecule has 108 valence electrons. The Morgan fingerprint density at radius 2 is 1.90 bits per heavy atom. The second kappa shape index (κ2) is 6.36. The zero-order chi connectivity index (χ0) is 15.4. The smallest absolute Gasteiger partial charge is 0.308 e. The van der Waals surface area contributed by atoms with E-state index in [1.165, 1.54) is 13.8 Å². The van der Waals surface area contributed by atoms with Gasteiger partial charge in [0.05, 0.1) is 4.91 Å². The van der Waals surface area contributed by atoms with Crippen molar-refractivity contribution >= 4 is 40.8 Å². The van der Waals surface area contributed by atoms with Gasteiger partial charge in [-0.05, 0) is 35.5 Å². The summed E-state index contributed by atoms with van der Waals surface area (Å²) in [5.74, 6) is -0.630. The predicted octanol–water partition coefficient (Wildman–Crippen LogP) is 1.72. The summed E-state index contributed by atoms with van der Waals surface area (Å²) in [6, 6.07) is 6.70. The standard InChI is InChI=1S/C14H12N2O4S/c1-8(17)15-14-16-13(19)12(21-14)7-10-3-5-11(6-4-10)20-9(2)18/h3-7H,1-2H3,(H,15,16,17,19)/b12-7+. The summed E-state index contributed by atoms with van der Waals surface area (Å²) in [4.78, 5) is 37.6. The lowest BCUT2D eigenvalue weighted by Crippen LogP contribution is -2.23. The average Bonchev–Trinajstić information content (AvgIpc) is 2.70. The molecule has 0 unspecified atom stereocenters. The van der Waals surface area contributed by atoms with Crippen LogP contribution < -0.4 is 10.1 Å². The minimum Gasteiger partial charge on any atom is -0.427 e. The molecule has 1 aromatic carbocycles. The van der Waals surface area contributed by atoms with E-state index in [4.69, 9.17) is 4.74 Å². The maximum Gasteiger partial charge on any atom is 0.308 e. The van der Waals surface area contributed by atoms with Crippen LogP contribution >= 0.6 is 11.8 Å². The van der Waals surface area contributed by atoms with Gasteiger partial charge >= 0.3 is 5.97 Å². The number of ether oxygens (including phenoxy) is 1. The maximum atomic E-state index is 11.7. The molecule has 0 atom stereocenters. The molecule has 21 heavy (non-hydrogen) atoms. The first-order valence-electron chi connectivity index (χ1n) is 6.02. The molecular weight excluding hydrogens is 292 g/mol. The normalized spacial score (nSPS) is 15.8. The van der Waals surface area contributed by atoms with Crippen molar-refractivity contribution in [1.29, 1.82) is 0 Å². The van der Waals surface area contributed by atoms with E-state index in [1.807, 2.05) is 0 Å². The first kappa shape index (κ1) is 15.0. The number of nitrogens with zero attached hydrogens (tertiary/aromatic N) is 1. The summed E-state index contributed by atoms with van der Waals surface area (Å²) < 4.78 is 4.92. The van der Waals surface area contributed by atoms with Crippen molar-refractivity contribution in [2.24, 2.45) is 4.99 Å². The predicted molar refractivity (Wildman–Crippen MR) is 79.6 cm³/mol. The molecule has 0 bridgehead atoms. The topological polar surface area (TPSA) is 84.8 Å². The number of carbonyl (C=O) groups excluding carboxylic acids is 3. The number of rotatable bonds is 2. The van der Waals surface area contributed by atoms with Gasteiger partial charge in [-0.2, -0.15) is 4.99 Å². The molecule has 6 nitrogen and oxygen atoms in total. The van der Waals surface area contributed by atoms with E-state index in [-0.39, 0.29) is 11.1 Å². The fourth-order valence-corrected chi connectivity index (χ4v) is 2.42. The van der Waals surface area contributed by atoms with Gasteiger partial charge in [0, 0.05) is 13.8 Å². The highest BCUT2D eigenvalue weighted by Crippen LogP contribution is 2.27. The van der Waals surface area contributed by atoms with Crippen LogP contribution in [-0.4, -0.2) is 23.0 Å². The summed E-state index contributed by atoms with van der Waals surface area (Å²) in [6.45, 7) is 2.67. The van der Waals surface area contributed by atoms with Crippen LogP contribution in [0.3, 0.4) is 0 Å². The minimum absolute atomic E-state index is 0.273. The summed E-state index contributed by atoms with van der Waals surface area (Å²) in [5.41, 5.74) is 0.765. The van der Waals surface area contributed by atoms with Crippen LogP contribution in [0.4, 0.5) is 0 Å². The van der Waals surface area contributed by atoms with Crippen molar-refractivity contribution in [2.75, 3.05) is 0 Å². The molecule has 1 aliphatic heterocycles. The Kier molecular flexibility index (Phi) is 4.54. The monoisotopic (exact) mass is 304 g/mol. The van der Waals surface area contributed by atoms with E-state index in [1.54, 1.807) is 30.3 Å². The second-order valence-corrected chi connectivity index (χ2v) is 5.21. The summed E-state index contributed by atoms with van der Waals surface area (Å²) in [6.07, 6.45) is 1.66. The van der Waals surface area contributed by atoms with Gasteiger partial charge in [-0.25, -0.2) is 0 Å². The number of amides is 2. The molecule has 0 aromatic heterocycles. The number of benzene rings is 1. The average molecular weight is 304 g/mol. The lowest BCUT2D eigenvalue weighted by molar-refractivity contribution is -0.132. The summed E-state index contributed by atoms with van der Waals surface area (Å²) in [5, 5.41) is 2.75. The second-order valence-electron chi connectivity index (χ2n) is 4.18. The molecule has 0 aliphatic carbocycles. The molecule has 1 N–H and O–H groups in total. The van der Waals surface area contributed by atoms with Gasteiger partial charge in [0.25, 0.3) is 5.91 Å². The molecule has 2 rings (SSSR count). The van der Waals surface area contributed by atoms with Crippen molar-refractivity contribution in [3.63, 3.8) is 0 Å². The van der Waals surface area contributed by atoms with E-state index in [2.05, 4.69) is 10.3 Å². The van der Waals surface area contributed by atoms with Crippen molar-refractivity contribution in [3.8, 4) is 5.75 Å². The molecule has 1 aliphatic rings. The van der Waals surface area contributed by atoms with Crippen molar-refractivity contribution in [3.05, 3.63) is 34.7 Å². The van der Waals surface area contributed by atoms with Gasteiger partial charge in [0.15, 0.2) is 5.17 Å². The number of carbonyl (C=O) groups is 3. The van der Waals surface area contributed by atoms with Crippen LogP contribution in [-0.2, 0) is 14.4 Å². The number of amidine groups is 1. The third-order valence-corrected chi connectivity index (χ3v) is 3.24. The molecule has 0 saturated carbocycles. The Balaban J connectivity index is 2.09. The quantitative estimate of drug-likeness (QED) is 0.511. The lowest BCUT2D eigenvalue weighted by Gasteiger charge is -2.01. The highest BCUT2D eigenvalue weighted by molar-refractivity contribution is 8.18. The van der Waals surface area contributed by atoms with E-state index in [0.29, 0.717) is 10.7 Å². The van der Waals surface area contributed by atoms with Crippen LogP contribution in [0.2, 0.25) is 0 Å². The van der Waals surface area contributed by atoms with Gasteiger partial charge in [-0.3, -0.25) is 14.4 Å².